The molecule has 5 nitrogen and oxygen atoms in total. The van der Waals surface area contributed by atoms with Gasteiger partial charge in [0, 0.05) is 12.5 Å². The van der Waals surface area contributed by atoms with Crippen molar-refractivity contribution in [3.05, 3.63) is 59.7 Å². The summed E-state index contributed by atoms with van der Waals surface area (Å²) < 4.78 is 10.1. The highest BCUT2D eigenvalue weighted by Crippen LogP contribution is 2.21. The van der Waals surface area contributed by atoms with E-state index in [9.17, 15) is 14.4 Å². The fourth-order valence-electron chi connectivity index (χ4n) is 1.69. The van der Waals surface area contributed by atoms with Gasteiger partial charge in [-0.3, -0.25) is 9.59 Å². The van der Waals surface area contributed by atoms with Gasteiger partial charge in [0.2, 0.25) is 0 Å². The zero-order valence-corrected chi connectivity index (χ0v) is 11.2. The quantitative estimate of drug-likeness (QED) is 0.490. The summed E-state index contributed by atoms with van der Waals surface area (Å²) >= 11 is 0. The van der Waals surface area contributed by atoms with Crippen LogP contribution in [0.15, 0.2) is 48.5 Å². The molecule has 0 saturated heterocycles. The summed E-state index contributed by atoms with van der Waals surface area (Å²) in [5.74, 6) is -0.836. The number of hydrogen-bond donors (Lipinski definition) is 0. The average Bonchev–Trinajstić information content (AvgIpc) is 2.47. The molecule has 0 aliphatic rings. The van der Waals surface area contributed by atoms with Crippen molar-refractivity contribution in [3.8, 4) is 11.5 Å². The first kappa shape index (κ1) is 14.5. The van der Waals surface area contributed by atoms with Gasteiger partial charge in [0.15, 0.2) is 0 Å². The minimum Gasteiger partial charge on any atom is -0.426 e. The molecule has 0 amide bonds. The van der Waals surface area contributed by atoms with Gasteiger partial charge < -0.3 is 9.47 Å². The maximum atomic E-state index is 12.1. The van der Waals surface area contributed by atoms with E-state index in [2.05, 4.69) is 0 Å². The van der Waals surface area contributed by atoms with Crippen LogP contribution in [0, 0.1) is 0 Å². The number of esters is 2. The molecule has 0 radical (unpaired) electrons. The van der Waals surface area contributed by atoms with Crippen LogP contribution < -0.4 is 9.47 Å². The predicted molar refractivity (Wildman–Crippen MR) is 74.5 cm³/mol. The van der Waals surface area contributed by atoms with E-state index in [0.29, 0.717) is 11.8 Å². The predicted octanol–water partition coefficient (Wildman–Crippen LogP) is 2.64. The van der Waals surface area contributed by atoms with Gasteiger partial charge in [-0.25, -0.2) is 4.79 Å². The minimum absolute atomic E-state index is 0.126. The molecular weight excluding hydrogens is 272 g/mol. The number of hydrogen-bond acceptors (Lipinski definition) is 5. The maximum absolute atomic E-state index is 12.1. The van der Waals surface area contributed by atoms with Gasteiger partial charge in [-0.1, -0.05) is 24.3 Å². The molecule has 0 aliphatic heterocycles. The Balaban J connectivity index is 2.24. The summed E-state index contributed by atoms with van der Waals surface area (Å²) in [6.07, 6.45) is 0.657. The summed E-state index contributed by atoms with van der Waals surface area (Å²) in [5, 5.41) is 0. The van der Waals surface area contributed by atoms with E-state index >= 15 is 0 Å². The van der Waals surface area contributed by atoms with Crippen LogP contribution >= 0.6 is 0 Å². The average molecular weight is 284 g/mol. The van der Waals surface area contributed by atoms with E-state index in [0.717, 1.165) is 0 Å². The summed E-state index contributed by atoms with van der Waals surface area (Å²) in [4.78, 5) is 33.8. The van der Waals surface area contributed by atoms with Gasteiger partial charge in [-0.15, -0.1) is 0 Å². The fourth-order valence-corrected chi connectivity index (χ4v) is 1.69. The summed E-state index contributed by atoms with van der Waals surface area (Å²) in [7, 11) is 0. The smallest absolute Gasteiger partial charge is 0.347 e. The number of para-hydroxylation sites is 1. The number of benzene rings is 2. The first-order chi connectivity index (χ1) is 10.1. The number of carbonyl (C=O) groups excluding carboxylic acids is 3. The number of aldehydes is 1. The normalized spacial score (nSPS) is 9.76. The summed E-state index contributed by atoms with van der Waals surface area (Å²) in [6.45, 7) is 1.25. The molecular formula is C16H12O5. The molecule has 2 rings (SSSR count). The molecule has 0 aliphatic carbocycles. The Kier molecular flexibility index (Phi) is 4.46. The highest BCUT2D eigenvalue weighted by Gasteiger charge is 2.15. The van der Waals surface area contributed by atoms with Gasteiger partial charge in [-0.2, -0.15) is 0 Å². The maximum Gasteiger partial charge on any atom is 0.347 e. The number of ether oxygens (including phenoxy) is 2. The lowest BCUT2D eigenvalue weighted by Gasteiger charge is -2.08. The first-order valence-corrected chi connectivity index (χ1v) is 6.15. The lowest BCUT2D eigenvalue weighted by Crippen LogP contribution is -2.12. The summed E-state index contributed by atoms with van der Waals surface area (Å²) in [5.41, 5.74) is 0.526. The van der Waals surface area contributed by atoms with Crippen LogP contribution in [0.3, 0.4) is 0 Å². The molecule has 21 heavy (non-hydrogen) atoms. The van der Waals surface area contributed by atoms with Crippen LogP contribution in [0.25, 0.3) is 0 Å². The van der Waals surface area contributed by atoms with Gasteiger partial charge in [0.05, 0.1) is 0 Å². The summed E-state index contributed by atoms with van der Waals surface area (Å²) in [6, 6.07) is 12.5. The van der Waals surface area contributed by atoms with Crippen LogP contribution in [-0.4, -0.2) is 18.2 Å². The molecule has 0 bridgehead atoms. The third-order valence-corrected chi connectivity index (χ3v) is 2.57. The lowest BCUT2D eigenvalue weighted by atomic mass is 10.2. The van der Waals surface area contributed by atoms with Crippen molar-refractivity contribution in [1.82, 2.24) is 0 Å². The zero-order chi connectivity index (χ0) is 15.2. The highest BCUT2D eigenvalue weighted by atomic mass is 16.5. The van der Waals surface area contributed by atoms with Gasteiger partial charge in [0.1, 0.15) is 23.3 Å². The van der Waals surface area contributed by atoms with E-state index in [4.69, 9.17) is 9.47 Å². The second-order valence-corrected chi connectivity index (χ2v) is 4.17. The van der Waals surface area contributed by atoms with Crippen molar-refractivity contribution >= 4 is 18.2 Å². The highest BCUT2D eigenvalue weighted by molar-refractivity contribution is 5.95. The molecule has 2 aromatic rings. The molecule has 0 fully saturated rings. The SMILES string of the molecule is CC(=O)Oc1ccccc1C(=O)Oc1cccc(C=O)c1. The fraction of sp³-hybridized carbons (Fsp3) is 0.0625. The van der Waals surface area contributed by atoms with Gasteiger partial charge >= 0.3 is 11.9 Å². The van der Waals surface area contributed by atoms with E-state index in [-0.39, 0.29) is 17.1 Å². The lowest BCUT2D eigenvalue weighted by molar-refractivity contribution is -0.131. The third kappa shape index (κ3) is 3.76. The zero-order valence-electron chi connectivity index (χ0n) is 11.2. The molecule has 0 unspecified atom stereocenters. The topological polar surface area (TPSA) is 69.7 Å². The largest absolute Gasteiger partial charge is 0.426 e. The second-order valence-electron chi connectivity index (χ2n) is 4.17. The van der Waals surface area contributed by atoms with Crippen LogP contribution in [0.1, 0.15) is 27.6 Å². The standard InChI is InChI=1S/C16H12O5/c1-11(18)20-15-8-3-2-7-14(15)16(19)21-13-6-4-5-12(9-13)10-17/h2-10H,1H3. The Bertz CT molecular complexity index is 691. The molecule has 0 spiro atoms. The number of carbonyl (C=O) groups is 3. The van der Waals surface area contributed by atoms with Gasteiger partial charge in [-0.05, 0) is 24.3 Å². The van der Waals surface area contributed by atoms with Crippen molar-refractivity contribution in [3.63, 3.8) is 0 Å². The van der Waals surface area contributed by atoms with Crippen molar-refractivity contribution in [2.24, 2.45) is 0 Å². The van der Waals surface area contributed by atoms with Crippen LogP contribution in [0.5, 0.6) is 11.5 Å². The molecule has 0 heterocycles. The Morgan fingerprint density at radius 3 is 2.48 bits per heavy atom. The van der Waals surface area contributed by atoms with E-state index in [1.807, 2.05) is 0 Å². The van der Waals surface area contributed by atoms with Crippen molar-refractivity contribution < 1.29 is 23.9 Å². The molecule has 106 valence electrons. The molecule has 0 N–H and O–H groups in total. The minimum atomic E-state index is -0.671. The van der Waals surface area contributed by atoms with Crippen LogP contribution in [0.2, 0.25) is 0 Å². The van der Waals surface area contributed by atoms with Crippen molar-refractivity contribution in [1.29, 1.82) is 0 Å². The van der Waals surface area contributed by atoms with Crippen LogP contribution in [-0.2, 0) is 4.79 Å². The Morgan fingerprint density at radius 1 is 1.00 bits per heavy atom. The molecule has 2 aromatic carbocycles. The Hall–Kier alpha value is -2.95. The van der Waals surface area contributed by atoms with Gasteiger partial charge in [0.25, 0.3) is 0 Å². The number of rotatable bonds is 4. The molecule has 5 heteroatoms. The van der Waals surface area contributed by atoms with E-state index < -0.39 is 11.9 Å². The molecule has 0 saturated carbocycles. The van der Waals surface area contributed by atoms with E-state index in [1.165, 1.54) is 25.1 Å². The second kappa shape index (κ2) is 6.47. The Morgan fingerprint density at radius 2 is 1.76 bits per heavy atom. The Labute approximate surface area is 121 Å². The first-order valence-electron chi connectivity index (χ1n) is 6.15. The van der Waals surface area contributed by atoms with Crippen LogP contribution in [0.4, 0.5) is 0 Å². The molecule has 0 aromatic heterocycles. The van der Waals surface area contributed by atoms with Crippen molar-refractivity contribution in [2.45, 2.75) is 6.92 Å². The third-order valence-electron chi connectivity index (χ3n) is 2.57. The van der Waals surface area contributed by atoms with E-state index in [1.54, 1.807) is 30.3 Å². The molecule has 0 atom stereocenters. The van der Waals surface area contributed by atoms with Crippen molar-refractivity contribution in [2.75, 3.05) is 0 Å². The monoisotopic (exact) mass is 284 g/mol.